The minimum atomic E-state index is -1.18. The molecule has 1 saturated heterocycles. The summed E-state index contributed by atoms with van der Waals surface area (Å²) in [6.07, 6.45) is 3.67. The lowest BCUT2D eigenvalue weighted by atomic mass is 9.80. The van der Waals surface area contributed by atoms with Gasteiger partial charge in [-0.2, -0.15) is 0 Å². The third-order valence-corrected chi connectivity index (χ3v) is 11.1. The van der Waals surface area contributed by atoms with E-state index in [-0.39, 0.29) is 41.3 Å². The van der Waals surface area contributed by atoms with E-state index in [9.17, 15) is 33.6 Å². The number of ether oxygens (including phenoxy) is 1. The smallest absolute Gasteiger partial charge is 0.408 e. The van der Waals surface area contributed by atoms with Gasteiger partial charge in [-0.1, -0.05) is 98.1 Å². The zero-order chi connectivity index (χ0) is 41.0. The van der Waals surface area contributed by atoms with E-state index in [0.29, 0.717) is 18.5 Å². The monoisotopic (exact) mass is 765 g/mol. The number of fused-ring (bicyclic) bond motifs is 1. The predicted molar refractivity (Wildman–Crippen MR) is 207 cm³/mol. The highest BCUT2D eigenvalue weighted by Gasteiger charge is 2.56. The fraction of sp³-hybridized carbons (Fsp3) is 0.690. The maximum atomic E-state index is 14.5. The molecule has 1 aliphatic heterocycles. The number of nitrogens with one attached hydrogen (secondary N) is 4. The summed E-state index contributed by atoms with van der Waals surface area (Å²) in [6, 6.07) is 4.75. The van der Waals surface area contributed by atoms with Gasteiger partial charge in [-0.3, -0.25) is 28.8 Å². The molecule has 1 aromatic rings. The van der Waals surface area contributed by atoms with Crippen molar-refractivity contribution in [2.75, 3.05) is 13.1 Å². The van der Waals surface area contributed by atoms with Gasteiger partial charge in [0.15, 0.2) is 5.78 Å². The van der Waals surface area contributed by atoms with E-state index < -0.39 is 77.2 Å². The molecule has 1 unspecified atom stereocenters. The van der Waals surface area contributed by atoms with Crippen molar-refractivity contribution < 1.29 is 38.3 Å². The van der Waals surface area contributed by atoms with Gasteiger partial charge in [0, 0.05) is 12.5 Å². The van der Waals surface area contributed by atoms with Crippen LogP contribution in [0.5, 0.6) is 0 Å². The number of hydrogen-bond donors (Lipinski definition) is 4. The molecular formula is C42H63N5O8. The van der Waals surface area contributed by atoms with Crippen molar-refractivity contribution in [2.45, 2.75) is 138 Å². The fourth-order valence-corrected chi connectivity index (χ4v) is 8.18. The first-order valence-corrected chi connectivity index (χ1v) is 19.8. The molecule has 0 radical (unpaired) electrons. The maximum absolute atomic E-state index is 14.5. The molecule has 13 heteroatoms. The van der Waals surface area contributed by atoms with Gasteiger partial charge in [-0.15, -0.1) is 0 Å². The molecule has 13 nitrogen and oxygen atoms in total. The molecule has 5 amide bonds. The summed E-state index contributed by atoms with van der Waals surface area (Å²) in [4.78, 5) is 96.5. The molecule has 0 spiro atoms. The Balaban J connectivity index is 1.52. The first kappa shape index (κ1) is 43.4. The van der Waals surface area contributed by atoms with E-state index in [0.717, 1.165) is 25.7 Å². The van der Waals surface area contributed by atoms with E-state index in [1.807, 2.05) is 20.8 Å². The summed E-state index contributed by atoms with van der Waals surface area (Å²) in [6.45, 7) is 18.2. The highest BCUT2D eigenvalue weighted by atomic mass is 16.6. The van der Waals surface area contributed by atoms with Crippen molar-refractivity contribution in [3.05, 3.63) is 35.9 Å². The Morgan fingerprint density at radius 3 is 2.07 bits per heavy atom. The lowest BCUT2D eigenvalue weighted by molar-refractivity contribution is -0.145. The van der Waals surface area contributed by atoms with Crippen LogP contribution in [-0.2, 0) is 33.5 Å². The molecule has 3 fully saturated rings. The molecule has 4 rings (SSSR count). The maximum Gasteiger partial charge on any atom is 0.408 e. The van der Waals surface area contributed by atoms with E-state index >= 15 is 0 Å². The van der Waals surface area contributed by atoms with Crippen LogP contribution in [0.3, 0.4) is 0 Å². The zero-order valence-corrected chi connectivity index (χ0v) is 34.4. The second kappa shape index (κ2) is 17.2. The Labute approximate surface area is 326 Å². The van der Waals surface area contributed by atoms with Gasteiger partial charge in [-0.05, 0) is 74.2 Å². The number of alkyl carbamates (subject to hydrolysis) is 1. The minimum Gasteiger partial charge on any atom is -0.444 e. The quantitative estimate of drug-likeness (QED) is 0.198. The van der Waals surface area contributed by atoms with E-state index in [2.05, 4.69) is 35.1 Å². The molecule has 1 heterocycles. The van der Waals surface area contributed by atoms with E-state index in [4.69, 9.17) is 4.74 Å². The van der Waals surface area contributed by atoms with Gasteiger partial charge in [-0.25, -0.2) is 4.79 Å². The number of ketones is 2. The first-order chi connectivity index (χ1) is 25.5. The third-order valence-electron chi connectivity index (χ3n) is 11.1. The number of nitrogens with zero attached hydrogens (tertiary/aromatic N) is 1. The number of benzene rings is 1. The molecule has 55 heavy (non-hydrogen) atoms. The van der Waals surface area contributed by atoms with Crippen molar-refractivity contribution in [1.82, 2.24) is 26.2 Å². The van der Waals surface area contributed by atoms with Crippen molar-refractivity contribution in [2.24, 2.45) is 34.5 Å². The summed E-state index contributed by atoms with van der Waals surface area (Å²) >= 11 is 0. The fourth-order valence-electron chi connectivity index (χ4n) is 8.18. The van der Waals surface area contributed by atoms with Gasteiger partial charge in [0.25, 0.3) is 5.91 Å². The van der Waals surface area contributed by atoms with Crippen LogP contribution in [0.2, 0.25) is 0 Å². The summed E-state index contributed by atoms with van der Waals surface area (Å²) in [5, 5.41) is 10.7. The van der Waals surface area contributed by atoms with Crippen LogP contribution in [0, 0.1) is 34.5 Å². The number of hydrogen-bond acceptors (Lipinski definition) is 8. The Bertz CT molecular complexity index is 1610. The van der Waals surface area contributed by atoms with Crippen LogP contribution in [-0.4, -0.2) is 83.0 Å². The van der Waals surface area contributed by atoms with Crippen molar-refractivity contribution in [3.8, 4) is 0 Å². The van der Waals surface area contributed by atoms with Crippen LogP contribution in [0.1, 0.15) is 119 Å². The second-order valence-electron chi connectivity index (χ2n) is 19.0. The highest BCUT2D eigenvalue weighted by Crippen LogP contribution is 2.51. The van der Waals surface area contributed by atoms with Crippen LogP contribution in [0.4, 0.5) is 4.79 Å². The summed E-state index contributed by atoms with van der Waals surface area (Å²) in [7, 11) is 0. The SMILES string of the molecule is CC(C)C(=O)[C@@H](NC(=O)CNC(=O)C(=O)C(CC1CCC1)NC(=O)[C@@H]1[C@H]2CC(C)(C)C[C@H]2CN1C(=O)[C@@H](NC(=O)OC(C)(C)C)C(C)(C)C)c1ccccc1. The molecule has 2 aliphatic carbocycles. The Hall–Kier alpha value is -4.29. The van der Waals surface area contributed by atoms with Gasteiger partial charge in [0.05, 0.1) is 12.6 Å². The predicted octanol–water partition coefficient (Wildman–Crippen LogP) is 4.63. The standard InChI is InChI=1S/C42H63N5O8/c1-24(2)33(49)31(26-17-12-11-13-18-26)45-30(48)22-43-37(52)34(50)29(19-25-15-14-16-25)44-36(51)32-28-21-42(9,10)20-27(28)23-47(32)38(53)35(40(3,4)5)46-39(54)55-41(6,7)8/h11-13,17-18,24-25,27-29,31-32,35H,14-16,19-23H2,1-10H3,(H,43,52)(H,44,51)(H,45,48)(H,46,54)/t27-,28-,29?,31-,32-,35+/m0/s1. The molecule has 6 atom stereocenters. The Kier molecular flexibility index (Phi) is 13.6. The largest absolute Gasteiger partial charge is 0.444 e. The van der Waals surface area contributed by atoms with E-state index in [1.165, 1.54) is 0 Å². The van der Waals surface area contributed by atoms with Crippen molar-refractivity contribution in [1.29, 1.82) is 0 Å². The van der Waals surface area contributed by atoms with Crippen LogP contribution < -0.4 is 21.3 Å². The molecule has 2 saturated carbocycles. The van der Waals surface area contributed by atoms with Crippen LogP contribution >= 0.6 is 0 Å². The Morgan fingerprint density at radius 1 is 0.891 bits per heavy atom. The van der Waals surface area contributed by atoms with Crippen LogP contribution in [0.25, 0.3) is 0 Å². The molecular weight excluding hydrogens is 702 g/mol. The average molecular weight is 766 g/mol. The summed E-state index contributed by atoms with van der Waals surface area (Å²) < 4.78 is 5.48. The molecule has 1 aromatic carbocycles. The summed E-state index contributed by atoms with van der Waals surface area (Å²) in [5.74, 6) is -4.10. The number of likely N-dealkylation sites (tertiary alicyclic amines) is 1. The number of Topliss-reactive ketones (excluding diaryl/α,β-unsaturated/α-hetero) is 2. The molecule has 0 aromatic heterocycles. The van der Waals surface area contributed by atoms with E-state index in [1.54, 1.807) is 69.9 Å². The van der Waals surface area contributed by atoms with Gasteiger partial charge in [0.2, 0.25) is 23.5 Å². The van der Waals surface area contributed by atoms with Crippen LogP contribution in [0.15, 0.2) is 30.3 Å². The number of rotatable bonds is 14. The number of carbonyl (C=O) groups is 7. The topological polar surface area (TPSA) is 180 Å². The lowest BCUT2D eigenvalue weighted by Crippen LogP contribution is -2.60. The zero-order valence-electron chi connectivity index (χ0n) is 34.4. The van der Waals surface area contributed by atoms with Gasteiger partial charge >= 0.3 is 6.09 Å². The highest BCUT2D eigenvalue weighted by molar-refractivity contribution is 6.38. The molecule has 3 aliphatic rings. The summed E-state index contributed by atoms with van der Waals surface area (Å²) in [5.41, 5.74) is -0.990. The number of amides is 5. The van der Waals surface area contributed by atoms with Crippen molar-refractivity contribution >= 4 is 41.3 Å². The minimum absolute atomic E-state index is 0.0294. The average Bonchev–Trinajstić information content (AvgIpc) is 3.55. The van der Waals surface area contributed by atoms with Gasteiger partial charge in [0.1, 0.15) is 23.7 Å². The first-order valence-electron chi connectivity index (χ1n) is 19.8. The third kappa shape index (κ3) is 11.4. The molecule has 304 valence electrons. The lowest BCUT2D eigenvalue weighted by Gasteiger charge is -2.37. The Morgan fingerprint density at radius 2 is 1.53 bits per heavy atom. The van der Waals surface area contributed by atoms with Crippen molar-refractivity contribution in [3.63, 3.8) is 0 Å². The normalized spacial score (nSPS) is 22.4. The van der Waals surface area contributed by atoms with Gasteiger partial charge < -0.3 is 30.9 Å². The second-order valence-corrected chi connectivity index (χ2v) is 19.0. The molecule has 0 bridgehead atoms. The number of carbonyl (C=O) groups excluding carboxylic acids is 7. The molecule has 4 N–H and O–H groups in total.